The van der Waals surface area contributed by atoms with Gasteiger partial charge in [-0.05, 0) is 24.7 Å². The van der Waals surface area contributed by atoms with Crippen LogP contribution in [0.5, 0.6) is 0 Å². The summed E-state index contributed by atoms with van der Waals surface area (Å²) < 4.78 is 0. The van der Waals surface area contributed by atoms with Crippen molar-refractivity contribution in [2.75, 3.05) is 6.67 Å². The van der Waals surface area contributed by atoms with E-state index in [0.29, 0.717) is 6.17 Å². The molecule has 0 unspecified atom stereocenters. The molecule has 0 radical (unpaired) electrons. The Hall–Kier alpha value is -0.0800. The molecular formula is C9H18N2. The quantitative estimate of drug-likeness (QED) is 0.594. The van der Waals surface area contributed by atoms with E-state index in [1.807, 2.05) is 0 Å². The van der Waals surface area contributed by atoms with E-state index in [-0.39, 0.29) is 0 Å². The topological polar surface area (TPSA) is 24.1 Å². The molecule has 2 rings (SSSR count). The predicted octanol–water partition coefficient (Wildman–Crippen LogP) is 1.29. The molecule has 2 N–H and O–H groups in total. The van der Waals surface area contributed by atoms with Crippen molar-refractivity contribution in [3.63, 3.8) is 0 Å². The third-order valence-electron chi connectivity index (χ3n) is 3.18. The Kier molecular flexibility index (Phi) is 2.14. The summed E-state index contributed by atoms with van der Waals surface area (Å²) >= 11 is 0. The highest BCUT2D eigenvalue weighted by molar-refractivity contribution is 4.83. The van der Waals surface area contributed by atoms with Gasteiger partial charge in [-0.15, -0.1) is 0 Å². The van der Waals surface area contributed by atoms with E-state index in [9.17, 15) is 0 Å². The van der Waals surface area contributed by atoms with Gasteiger partial charge in [-0.25, -0.2) is 0 Å². The van der Waals surface area contributed by atoms with E-state index in [1.54, 1.807) is 0 Å². The molecule has 2 fully saturated rings. The lowest BCUT2D eigenvalue weighted by Crippen LogP contribution is -2.62. The third-order valence-corrected chi connectivity index (χ3v) is 3.18. The minimum atomic E-state index is 0.655. The summed E-state index contributed by atoms with van der Waals surface area (Å²) in [6.07, 6.45) is 6.37. The van der Waals surface area contributed by atoms with Gasteiger partial charge >= 0.3 is 0 Å². The van der Waals surface area contributed by atoms with Crippen LogP contribution in [0.2, 0.25) is 0 Å². The summed E-state index contributed by atoms with van der Waals surface area (Å²) in [7, 11) is 0. The largest absolute Gasteiger partial charge is 0.289 e. The van der Waals surface area contributed by atoms with Crippen LogP contribution >= 0.6 is 0 Å². The molecule has 0 aromatic carbocycles. The number of rotatable bonds is 1. The second-order valence-corrected chi connectivity index (χ2v) is 4.08. The van der Waals surface area contributed by atoms with Crippen LogP contribution in [0.3, 0.4) is 0 Å². The van der Waals surface area contributed by atoms with Crippen LogP contribution in [-0.4, -0.2) is 12.8 Å². The van der Waals surface area contributed by atoms with E-state index in [1.165, 1.54) is 25.7 Å². The highest BCUT2D eigenvalue weighted by Gasteiger charge is 2.28. The first kappa shape index (κ1) is 7.56. The molecule has 0 aromatic rings. The monoisotopic (exact) mass is 154 g/mol. The Morgan fingerprint density at radius 3 is 2.09 bits per heavy atom. The first-order valence-corrected chi connectivity index (χ1v) is 4.83. The van der Waals surface area contributed by atoms with Gasteiger partial charge in [0, 0.05) is 6.67 Å². The van der Waals surface area contributed by atoms with Crippen LogP contribution in [-0.2, 0) is 0 Å². The molecule has 1 aliphatic heterocycles. The maximum Gasteiger partial charge on any atom is 0.0620 e. The fourth-order valence-corrected chi connectivity index (χ4v) is 2.17. The summed E-state index contributed by atoms with van der Waals surface area (Å²) in [5, 5.41) is 6.84. The highest BCUT2D eigenvalue weighted by atomic mass is 15.3. The first-order chi connectivity index (χ1) is 5.36. The standard InChI is InChI=1S/C9H18N2/c1-7-2-4-8(5-3-7)9-10-6-11-9/h7-11H,2-6H2,1H3. The van der Waals surface area contributed by atoms with Crippen molar-refractivity contribution in [1.29, 1.82) is 0 Å². The molecule has 0 spiro atoms. The van der Waals surface area contributed by atoms with Crippen LogP contribution in [0.1, 0.15) is 32.6 Å². The molecule has 11 heavy (non-hydrogen) atoms. The van der Waals surface area contributed by atoms with Crippen LogP contribution in [0.25, 0.3) is 0 Å². The van der Waals surface area contributed by atoms with Crippen molar-refractivity contribution in [2.45, 2.75) is 38.8 Å². The Morgan fingerprint density at radius 1 is 1.00 bits per heavy atom. The maximum absolute atomic E-state index is 3.42. The molecule has 1 heterocycles. The highest BCUT2D eigenvalue weighted by Crippen LogP contribution is 2.30. The van der Waals surface area contributed by atoms with Gasteiger partial charge in [0.1, 0.15) is 0 Å². The Bertz CT molecular complexity index is 124. The van der Waals surface area contributed by atoms with Crippen molar-refractivity contribution in [3.8, 4) is 0 Å². The molecule has 0 aromatic heterocycles. The second-order valence-electron chi connectivity index (χ2n) is 4.08. The van der Waals surface area contributed by atoms with Crippen LogP contribution in [0.15, 0.2) is 0 Å². The smallest absolute Gasteiger partial charge is 0.0620 e. The van der Waals surface area contributed by atoms with E-state index in [2.05, 4.69) is 17.6 Å². The molecule has 0 bridgehead atoms. The number of hydrogen-bond donors (Lipinski definition) is 2. The van der Waals surface area contributed by atoms with Gasteiger partial charge in [0.25, 0.3) is 0 Å². The molecule has 64 valence electrons. The molecule has 2 aliphatic rings. The molecule has 1 saturated heterocycles. The van der Waals surface area contributed by atoms with Gasteiger partial charge < -0.3 is 0 Å². The maximum atomic E-state index is 3.42. The van der Waals surface area contributed by atoms with Crippen molar-refractivity contribution in [3.05, 3.63) is 0 Å². The molecule has 2 nitrogen and oxygen atoms in total. The molecule has 1 aliphatic carbocycles. The third kappa shape index (κ3) is 1.57. The lowest BCUT2D eigenvalue weighted by atomic mass is 9.81. The van der Waals surface area contributed by atoms with Crippen molar-refractivity contribution in [1.82, 2.24) is 10.6 Å². The van der Waals surface area contributed by atoms with Gasteiger partial charge in [0.05, 0.1) is 6.17 Å². The van der Waals surface area contributed by atoms with Crippen molar-refractivity contribution < 1.29 is 0 Å². The average molecular weight is 154 g/mol. The molecule has 0 atom stereocenters. The summed E-state index contributed by atoms with van der Waals surface area (Å²) in [5.74, 6) is 1.89. The lowest BCUT2D eigenvalue weighted by molar-refractivity contribution is 0.151. The Balaban J connectivity index is 1.77. The summed E-state index contributed by atoms with van der Waals surface area (Å²) in [6, 6.07) is 0. The summed E-state index contributed by atoms with van der Waals surface area (Å²) in [4.78, 5) is 0. The normalized spacial score (nSPS) is 40.1. The zero-order valence-electron chi connectivity index (χ0n) is 7.27. The molecule has 0 amide bonds. The minimum absolute atomic E-state index is 0.655. The number of hydrogen-bond acceptors (Lipinski definition) is 2. The number of nitrogens with one attached hydrogen (secondary N) is 2. The van der Waals surface area contributed by atoms with Gasteiger partial charge in [0.2, 0.25) is 0 Å². The van der Waals surface area contributed by atoms with Crippen LogP contribution in [0, 0.1) is 11.8 Å². The fraction of sp³-hybridized carbons (Fsp3) is 1.00. The van der Waals surface area contributed by atoms with Crippen LogP contribution < -0.4 is 10.6 Å². The Morgan fingerprint density at radius 2 is 1.64 bits per heavy atom. The van der Waals surface area contributed by atoms with E-state index >= 15 is 0 Å². The van der Waals surface area contributed by atoms with Gasteiger partial charge in [-0.1, -0.05) is 19.8 Å². The molecular weight excluding hydrogens is 136 g/mol. The zero-order chi connectivity index (χ0) is 7.68. The molecule has 2 heteroatoms. The van der Waals surface area contributed by atoms with Crippen LogP contribution in [0.4, 0.5) is 0 Å². The average Bonchev–Trinajstić information content (AvgIpc) is 1.90. The summed E-state index contributed by atoms with van der Waals surface area (Å²) in [6.45, 7) is 3.40. The van der Waals surface area contributed by atoms with Crippen molar-refractivity contribution >= 4 is 0 Å². The van der Waals surface area contributed by atoms with Crippen molar-refractivity contribution in [2.24, 2.45) is 11.8 Å². The van der Waals surface area contributed by atoms with E-state index in [4.69, 9.17) is 0 Å². The SMILES string of the molecule is CC1CCC(C2NCN2)CC1. The minimum Gasteiger partial charge on any atom is -0.289 e. The fourth-order valence-electron chi connectivity index (χ4n) is 2.17. The van der Waals surface area contributed by atoms with Gasteiger partial charge in [-0.3, -0.25) is 10.6 Å². The van der Waals surface area contributed by atoms with E-state index < -0.39 is 0 Å². The summed E-state index contributed by atoms with van der Waals surface area (Å²) in [5.41, 5.74) is 0. The molecule has 1 saturated carbocycles. The van der Waals surface area contributed by atoms with Gasteiger partial charge in [-0.2, -0.15) is 0 Å². The Labute approximate surface area is 68.7 Å². The van der Waals surface area contributed by atoms with E-state index in [0.717, 1.165) is 18.5 Å². The second kappa shape index (κ2) is 3.11. The predicted molar refractivity (Wildman–Crippen MR) is 46.0 cm³/mol. The lowest BCUT2D eigenvalue weighted by Gasteiger charge is -2.39. The zero-order valence-corrected chi connectivity index (χ0v) is 7.27. The van der Waals surface area contributed by atoms with Gasteiger partial charge in [0.15, 0.2) is 0 Å². The first-order valence-electron chi connectivity index (χ1n) is 4.83.